The molecule has 0 aliphatic heterocycles. The number of rotatable bonds is 7. The van der Waals surface area contributed by atoms with Crippen LogP contribution in [-0.4, -0.2) is 16.5 Å². The van der Waals surface area contributed by atoms with Crippen LogP contribution < -0.4 is 5.32 Å². The maximum absolute atomic E-state index is 12.9. The maximum atomic E-state index is 12.9. The number of nitrogens with one attached hydrogen (secondary N) is 2. The molecule has 118 valence electrons. The van der Waals surface area contributed by atoms with Crippen molar-refractivity contribution in [1.82, 2.24) is 15.3 Å². The molecule has 6 heteroatoms. The van der Waals surface area contributed by atoms with E-state index in [4.69, 9.17) is 0 Å². The molecule has 1 heterocycles. The van der Waals surface area contributed by atoms with E-state index in [1.165, 1.54) is 12.1 Å². The van der Waals surface area contributed by atoms with Crippen LogP contribution in [0.2, 0.25) is 0 Å². The summed E-state index contributed by atoms with van der Waals surface area (Å²) < 4.78 is 38.6. The number of hydrogen-bond acceptors (Lipinski definition) is 2. The lowest BCUT2D eigenvalue weighted by Crippen LogP contribution is -2.18. The summed E-state index contributed by atoms with van der Waals surface area (Å²) in [6, 6.07) is 5.65. The molecule has 3 nitrogen and oxygen atoms in total. The molecule has 0 saturated heterocycles. The van der Waals surface area contributed by atoms with Crippen molar-refractivity contribution < 1.29 is 13.2 Å². The first-order chi connectivity index (χ1) is 10.5. The van der Waals surface area contributed by atoms with Gasteiger partial charge in [0, 0.05) is 24.1 Å². The molecule has 0 amide bonds. The van der Waals surface area contributed by atoms with Crippen molar-refractivity contribution in [2.24, 2.45) is 0 Å². The largest absolute Gasteiger partial charge is 0.416 e. The first-order valence-electron chi connectivity index (χ1n) is 7.01. The number of allylic oxidation sites excluding steroid dienone is 1. The fraction of sp³-hybridized carbons (Fsp3) is 0.312. The van der Waals surface area contributed by atoms with Gasteiger partial charge in [-0.25, -0.2) is 4.98 Å². The Balaban J connectivity index is 1.80. The van der Waals surface area contributed by atoms with E-state index in [2.05, 4.69) is 21.9 Å². The topological polar surface area (TPSA) is 40.7 Å². The fourth-order valence-electron chi connectivity index (χ4n) is 2.18. The van der Waals surface area contributed by atoms with Crippen molar-refractivity contribution in [1.29, 1.82) is 0 Å². The Hall–Kier alpha value is -2.24. The van der Waals surface area contributed by atoms with E-state index < -0.39 is 11.7 Å². The van der Waals surface area contributed by atoms with Gasteiger partial charge in [0.1, 0.15) is 0 Å². The predicted octanol–water partition coefficient (Wildman–Crippen LogP) is 3.71. The van der Waals surface area contributed by atoms with Gasteiger partial charge in [0.2, 0.25) is 0 Å². The van der Waals surface area contributed by atoms with Crippen LogP contribution in [0.1, 0.15) is 23.2 Å². The normalized spacial score (nSPS) is 11.4. The monoisotopic (exact) mass is 309 g/mol. The molecule has 0 bridgehead atoms. The van der Waals surface area contributed by atoms with Gasteiger partial charge in [-0.2, -0.15) is 13.2 Å². The highest BCUT2D eigenvalue weighted by Crippen LogP contribution is 2.31. The summed E-state index contributed by atoms with van der Waals surface area (Å²) >= 11 is 0. The van der Waals surface area contributed by atoms with Gasteiger partial charge in [0.25, 0.3) is 0 Å². The number of aromatic amines is 1. The second kappa shape index (κ2) is 7.15. The van der Waals surface area contributed by atoms with Gasteiger partial charge >= 0.3 is 6.18 Å². The third-order valence-corrected chi connectivity index (χ3v) is 3.34. The molecule has 0 spiro atoms. The Kier molecular flexibility index (Phi) is 5.25. The number of hydrogen-bond donors (Lipinski definition) is 2. The molecule has 0 radical (unpaired) electrons. The van der Waals surface area contributed by atoms with Crippen molar-refractivity contribution in [3.05, 3.63) is 65.9 Å². The quantitative estimate of drug-likeness (QED) is 0.818. The molecule has 0 atom stereocenters. The van der Waals surface area contributed by atoms with E-state index in [0.29, 0.717) is 24.9 Å². The third kappa shape index (κ3) is 4.65. The highest BCUT2D eigenvalue weighted by molar-refractivity contribution is 5.30. The van der Waals surface area contributed by atoms with Crippen molar-refractivity contribution in [2.45, 2.75) is 25.4 Å². The SMILES string of the molecule is C=C(CCc1cnc[nH]1)NCCc1ccccc1C(F)(F)F. The van der Waals surface area contributed by atoms with Crippen LogP contribution in [0.3, 0.4) is 0 Å². The zero-order valence-corrected chi connectivity index (χ0v) is 12.1. The smallest absolute Gasteiger partial charge is 0.388 e. The molecule has 2 aromatic rings. The molecular formula is C16H18F3N3. The molecule has 0 aliphatic rings. The lowest BCUT2D eigenvalue weighted by atomic mass is 10.0. The molecular weight excluding hydrogens is 291 g/mol. The summed E-state index contributed by atoms with van der Waals surface area (Å²) in [5, 5.41) is 3.08. The summed E-state index contributed by atoms with van der Waals surface area (Å²) in [5.74, 6) is 0. The van der Waals surface area contributed by atoms with Gasteiger partial charge in [-0.15, -0.1) is 0 Å². The van der Waals surface area contributed by atoms with Crippen LogP contribution in [0.5, 0.6) is 0 Å². The fourth-order valence-corrected chi connectivity index (χ4v) is 2.18. The summed E-state index contributed by atoms with van der Waals surface area (Å²) in [4.78, 5) is 6.92. The van der Waals surface area contributed by atoms with E-state index in [1.54, 1.807) is 18.6 Å². The Bertz CT molecular complexity index is 603. The number of aryl methyl sites for hydroxylation is 1. The lowest BCUT2D eigenvalue weighted by Gasteiger charge is -2.14. The summed E-state index contributed by atoms with van der Waals surface area (Å²) in [5.41, 5.74) is 1.54. The van der Waals surface area contributed by atoms with Crippen LogP contribution in [0.25, 0.3) is 0 Å². The Labute approximate surface area is 127 Å². The van der Waals surface area contributed by atoms with Gasteiger partial charge in [0.15, 0.2) is 0 Å². The van der Waals surface area contributed by atoms with E-state index in [9.17, 15) is 13.2 Å². The molecule has 2 rings (SSSR count). The van der Waals surface area contributed by atoms with Crippen molar-refractivity contribution >= 4 is 0 Å². The zero-order valence-electron chi connectivity index (χ0n) is 12.1. The van der Waals surface area contributed by atoms with Crippen LogP contribution >= 0.6 is 0 Å². The van der Waals surface area contributed by atoms with E-state index in [0.717, 1.165) is 23.9 Å². The van der Waals surface area contributed by atoms with Crippen molar-refractivity contribution in [2.75, 3.05) is 6.54 Å². The Morgan fingerprint density at radius 2 is 2.00 bits per heavy atom. The highest BCUT2D eigenvalue weighted by atomic mass is 19.4. The summed E-state index contributed by atoms with van der Waals surface area (Å²) in [6.45, 7) is 4.31. The zero-order chi connectivity index (χ0) is 16.0. The number of halogens is 3. The van der Waals surface area contributed by atoms with Gasteiger partial charge < -0.3 is 10.3 Å². The molecule has 0 aliphatic carbocycles. The number of H-pyrrole nitrogens is 1. The molecule has 0 unspecified atom stereocenters. The molecule has 0 saturated carbocycles. The Morgan fingerprint density at radius 1 is 1.23 bits per heavy atom. The van der Waals surface area contributed by atoms with Gasteiger partial charge in [-0.3, -0.25) is 0 Å². The first kappa shape index (κ1) is 16.1. The second-order valence-corrected chi connectivity index (χ2v) is 5.01. The number of alkyl halides is 3. The van der Waals surface area contributed by atoms with Gasteiger partial charge in [-0.05, 0) is 30.9 Å². The molecule has 1 aromatic carbocycles. The standard InChI is InChI=1S/C16H18F3N3/c1-12(6-7-14-10-20-11-22-14)21-9-8-13-4-2-3-5-15(13)16(17,18)19/h2-5,10-11,21H,1,6-9H2,(H,20,22). The molecule has 1 aromatic heterocycles. The minimum absolute atomic E-state index is 0.295. The van der Waals surface area contributed by atoms with E-state index in [1.807, 2.05) is 0 Å². The van der Waals surface area contributed by atoms with Crippen molar-refractivity contribution in [3.8, 4) is 0 Å². The Morgan fingerprint density at radius 3 is 2.68 bits per heavy atom. The van der Waals surface area contributed by atoms with E-state index in [-0.39, 0.29) is 0 Å². The van der Waals surface area contributed by atoms with Crippen LogP contribution in [-0.2, 0) is 19.0 Å². The van der Waals surface area contributed by atoms with Crippen LogP contribution in [0.15, 0.2) is 49.1 Å². The minimum Gasteiger partial charge on any atom is -0.388 e. The third-order valence-electron chi connectivity index (χ3n) is 3.34. The number of nitrogens with zero attached hydrogens (tertiary/aromatic N) is 1. The number of aromatic nitrogens is 2. The molecule has 0 fully saturated rings. The van der Waals surface area contributed by atoms with Gasteiger partial charge in [0.05, 0.1) is 11.9 Å². The highest BCUT2D eigenvalue weighted by Gasteiger charge is 2.32. The number of benzene rings is 1. The lowest BCUT2D eigenvalue weighted by molar-refractivity contribution is -0.138. The summed E-state index contributed by atoms with van der Waals surface area (Å²) in [6.07, 6.45) is 0.827. The molecule has 22 heavy (non-hydrogen) atoms. The van der Waals surface area contributed by atoms with Crippen LogP contribution in [0, 0.1) is 0 Å². The predicted molar refractivity (Wildman–Crippen MR) is 79.2 cm³/mol. The average molecular weight is 309 g/mol. The van der Waals surface area contributed by atoms with Crippen molar-refractivity contribution in [3.63, 3.8) is 0 Å². The second-order valence-electron chi connectivity index (χ2n) is 5.01. The number of imidazole rings is 1. The maximum Gasteiger partial charge on any atom is 0.416 e. The minimum atomic E-state index is -4.31. The van der Waals surface area contributed by atoms with Gasteiger partial charge in [-0.1, -0.05) is 24.8 Å². The summed E-state index contributed by atoms with van der Waals surface area (Å²) in [7, 11) is 0. The molecule has 2 N–H and O–H groups in total. The average Bonchev–Trinajstić information content (AvgIpc) is 2.98. The van der Waals surface area contributed by atoms with E-state index >= 15 is 0 Å². The first-order valence-corrected chi connectivity index (χ1v) is 7.01. The van der Waals surface area contributed by atoms with Crippen LogP contribution in [0.4, 0.5) is 13.2 Å².